The third kappa shape index (κ3) is 4.62. The van der Waals surface area contributed by atoms with Gasteiger partial charge in [-0.05, 0) is 99.1 Å². The number of thioether (sulfide) groups is 1. The Bertz CT molecular complexity index is 1030. The first-order valence-corrected chi connectivity index (χ1v) is 15.2. The van der Waals surface area contributed by atoms with Crippen molar-refractivity contribution >= 4 is 29.5 Å². The number of carbonyl (C=O) groups is 3. The SMILES string of the molecule is O=C1CC[C@H](N2Cc3c(SCCCCCCCNC45CC6CC(CC4C6)C5)cccc3C2=O)C(=O)N1. The average Bonchev–Trinajstić information content (AvgIpc) is 3.40. The molecule has 6 nitrogen and oxygen atoms in total. The first kappa shape index (κ1) is 24.5. The molecular weight excluding hydrogens is 470 g/mol. The molecule has 1 aromatic rings. The summed E-state index contributed by atoms with van der Waals surface area (Å²) in [5, 5.41) is 6.40. The van der Waals surface area contributed by atoms with Crippen LogP contribution in [0.25, 0.3) is 0 Å². The minimum atomic E-state index is -0.548. The van der Waals surface area contributed by atoms with E-state index in [4.69, 9.17) is 0 Å². The van der Waals surface area contributed by atoms with E-state index in [-0.39, 0.29) is 24.1 Å². The molecule has 4 saturated carbocycles. The number of rotatable bonds is 11. The van der Waals surface area contributed by atoms with Crippen molar-refractivity contribution in [1.29, 1.82) is 0 Å². The first-order valence-electron chi connectivity index (χ1n) is 14.2. The van der Waals surface area contributed by atoms with Crippen LogP contribution in [-0.4, -0.2) is 46.5 Å². The lowest BCUT2D eigenvalue weighted by Crippen LogP contribution is -2.52. The summed E-state index contributed by atoms with van der Waals surface area (Å²) in [5.74, 6) is 3.39. The number of piperidine rings is 1. The molecule has 5 fully saturated rings. The van der Waals surface area contributed by atoms with Gasteiger partial charge >= 0.3 is 0 Å². The number of benzene rings is 1. The van der Waals surface area contributed by atoms with Crippen LogP contribution in [0.15, 0.2) is 23.1 Å². The van der Waals surface area contributed by atoms with Crippen molar-refractivity contribution in [1.82, 2.24) is 15.5 Å². The molecule has 2 N–H and O–H groups in total. The Hall–Kier alpha value is -1.86. The summed E-state index contributed by atoms with van der Waals surface area (Å²) in [7, 11) is 0. The van der Waals surface area contributed by atoms with E-state index >= 15 is 0 Å². The molecule has 0 spiro atoms. The summed E-state index contributed by atoms with van der Waals surface area (Å²) < 4.78 is 0. The average molecular weight is 510 g/mol. The molecule has 2 heterocycles. The number of imide groups is 1. The normalized spacial score (nSPS) is 32.4. The van der Waals surface area contributed by atoms with Crippen LogP contribution in [0, 0.1) is 17.8 Å². The van der Waals surface area contributed by atoms with Gasteiger partial charge in [0.15, 0.2) is 0 Å². The van der Waals surface area contributed by atoms with Crippen LogP contribution in [0.2, 0.25) is 0 Å². The summed E-state index contributed by atoms with van der Waals surface area (Å²) >= 11 is 1.83. The molecule has 0 radical (unpaired) electrons. The van der Waals surface area contributed by atoms with Gasteiger partial charge in [-0.25, -0.2) is 0 Å². The van der Waals surface area contributed by atoms with E-state index in [0.29, 0.717) is 24.1 Å². The summed E-state index contributed by atoms with van der Waals surface area (Å²) in [5.41, 5.74) is 2.27. The Balaban J connectivity index is 0.902. The topological polar surface area (TPSA) is 78.5 Å². The number of nitrogens with one attached hydrogen (secondary N) is 2. The zero-order valence-electron chi connectivity index (χ0n) is 21.2. The van der Waals surface area contributed by atoms with E-state index in [1.807, 2.05) is 23.9 Å². The molecule has 7 rings (SSSR count). The maximum Gasteiger partial charge on any atom is 0.255 e. The molecule has 1 aromatic carbocycles. The smallest absolute Gasteiger partial charge is 0.255 e. The summed E-state index contributed by atoms with van der Waals surface area (Å²) in [6.07, 6.45) is 14.4. The first-order chi connectivity index (χ1) is 17.5. The number of carbonyl (C=O) groups excluding carboxylic acids is 3. The molecule has 6 aliphatic rings. The van der Waals surface area contributed by atoms with Crippen LogP contribution >= 0.6 is 11.8 Å². The highest BCUT2D eigenvalue weighted by molar-refractivity contribution is 7.99. The number of hydrogen-bond donors (Lipinski definition) is 2. The highest BCUT2D eigenvalue weighted by atomic mass is 32.2. The van der Waals surface area contributed by atoms with Gasteiger partial charge < -0.3 is 10.2 Å². The lowest BCUT2D eigenvalue weighted by Gasteiger charge is -2.34. The van der Waals surface area contributed by atoms with Crippen molar-refractivity contribution in [2.75, 3.05) is 12.3 Å². The van der Waals surface area contributed by atoms with Crippen LogP contribution in [0.3, 0.4) is 0 Å². The quantitative estimate of drug-likeness (QED) is 0.258. The number of unbranched alkanes of at least 4 members (excludes halogenated alkanes) is 4. The zero-order chi connectivity index (χ0) is 24.7. The van der Waals surface area contributed by atoms with Crippen molar-refractivity contribution in [3.8, 4) is 0 Å². The minimum absolute atomic E-state index is 0.0892. The molecular formula is C29H39N3O3S. The molecule has 194 valence electrons. The summed E-state index contributed by atoms with van der Waals surface area (Å²) in [6, 6.07) is 5.36. The van der Waals surface area contributed by atoms with Crippen LogP contribution in [0.1, 0.15) is 93.0 Å². The molecule has 4 bridgehead atoms. The molecule has 3 atom stereocenters. The van der Waals surface area contributed by atoms with Gasteiger partial charge in [0, 0.05) is 29.0 Å². The van der Waals surface area contributed by atoms with Gasteiger partial charge in [0.25, 0.3) is 5.91 Å². The summed E-state index contributed by atoms with van der Waals surface area (Å²) in [6.45, 7) is 1.65. The van der Waals surface area contributed by atoms with Crippen LogP contribution in [-0.2, 0) is 16.1 Å². The van der Waals surface area contributed by atoms with Gasteiger partial charge in [0.2, 0.25) is 11.8 Å². The van der Waals surface area contributed by atoms with Crippen molar-refractivity contribution in [2.45, 2.75) is 100 Å². The standard InChI is InChI=1S/C29H39N3O3S/c33-26-10-9-24(27(34)31-26)32-18-23-22(28(32)35)7-6-8-25(23)36-12-5-3-1-2-4-11-30-29-16-19-13-20(17-29)15-21(29)14-19/h6-8,19-21,24,30H,1-5,9-18H2,(H,31,33,34)/t19?,20?,21?,24-,29?/m0/s1. The van der Waals surface area contributed by atoms with Gasteiger partial charge in [-0.15, -0.1) is 11.8 Å². The second-order valence-corrected chi connectivity index (χ2v) is 13.1. The molecule has 0 aromatic heterocycles. The lowest BCUT2D eigenvalue weighted by atomic mass is 9.80. The molecule has 4 aliphatic carbocycles. The lowest BCUT2D eigenvalue weighted by molar-refractivity contribution is -0.136. The van der Waals surface area contributed by atoms with Gasteiger partial charge in [-0.2, -0.15) is 0 Å². The third-order valence-electron chi connectivity index (χ3n) is 9.58. The summed E-state index contributed by atoms with van der Waals surface area (Å²) in [4.78, 5) is 39.6. The Morgan fingerprint density at radius 2 is 1.78 bits per heavy atom. The van der Waals surface area contributed by atoms with E-state index in [0.717, 1.165) is 34.0 Å². The number of hydrogen-bond acceptors (Lipinski definition) is 5. The fourth-order valence-electron chi connectivity index (χ4n) is 8.05. The molecule has 1 saturated heterocycles. The highest BCUT2D eigenvalue weighted by Crippen LogP contribution is 2.60. The maximum atomic E-state index is 13.0. The second kappa shape index (κ2) is 10.1. The van der Waals surface area contributed by atoms with Crippen LogP contribution in [0.5, 0.6) is 0 Å². The number of fused-ring (bicyclic) bond motifs is 1. The predicted molar refractivity (Wildman–Crippen MR) is 141 cm³/mol. The minimum Gasteiger partial charge on any atom is -0.322 e. The molecule has 2 unspecified atom stereocenters. The van der Waals surface area contributed by atoms with E-state index in [1.165, 1.54) is 70.8 Å². The highest BCUT2D eigenvalue weighted by Gasteiger charge is 2.57. The Labute approximate surface area is 218 Å². The van der Waals surface area contributed by atoms with E-state index in [1.54, 1.807) is 4.90 Å². The fraction of sp³-hybridized carbons (Fsp3) is 0.690. The molecule has 2 aliphatic heterocycles. The van der Waals surface area contributed by atoms with Crippen molar-refractivity contribution < 1.29 is 14.4 Å². The monoisotopic (exact) mass is 509 g/mol. The molecule has 36 heavy (non-hydrogen) atoms. The fourth-order valence-corrected chi connectivity index (χ4v) is 9.15. The van der Waals surface area contributed by atoms with Gasteiger partial charge in [0.1, 0.15) is 6.04 Å². The van der Waals surface area contributed by atoms with Crippen molar-refractivity contribution in [3.05, 3.63) is 29.3 Å². The number of nitrogens with zero attached hydrogens (tertiary/aromatic N) is 1. The largest absolute Gasteiger partial charge is 0.322 e. The van der Waals surface area contributed by atoms with Crippen molar-refractivity contribution in [3.63, 3.8) is 0 Å². The predicted octanol–water partition coefficient (Wildman–Crippen LogP) is 4.66. The van der Waals surface area contributed by atoms with Gasteiger partial charge in [0.05, 0.1) is 0 Å². The Kier molecular flexibility index (Phi) is 6.89. The van der Waals surface area contributed by atoms with E-state index in [9.17, 15) is 14.4 Å². The zero-order valence-corrected chi connectivity index (χ0v) is 22.0. The van der Waals surface area contributed by atoms with Crippen LogP contribution < -0.4 is 10.6 Å². The van der Waals surface area contributed by atoms with Gasteiger partial charge in [-0.1, -0.05) is 25.3 Å². The molecule has 3 amide bonds. The van der Waals surface area contributed by atoms with E-state index in [2.05, 4.69) is 16.7 Å². The number of amides is 3. The Morgan fingerprint density at radius 1 is 1.00 bits per heavy atom. The maximum absolute atomic E-state index is 13.0. The van der Waals surface area contributed by atoms with Gasteiger partial charge in [-0.3, -0.25) is 19.7 Å². The van der Waals surface area contributed by atoms with E-state index < -0.39 is 6.04 Å². The van der Waals surface area contributed by atoms with Crippen LogP contribution in [0.4, 0.5) is 0 Å². The third-order valence-corrected chi connectivity index (χ3v) is 10.8. The molecule has 7 heteroatoms. The Morgan fingerprint density at radius 3 is 2.58 bits per heavy atom. The second-order valence-electron chi connectivity index (χ2n) is 11.9. The van der Waals surface area contributed by atoms with Crippen molar-refractivity contribution in [2.24, 2.45) is 17.8 Å².